The Bertz CT molecular complexity index is 645. The van der Waals surface area contributed by atoms with Crippen molar-refractivity contribution in [1.82, 2.24) is 15.3 Å². The third-order valence-electron chi connectivity index (χ3n) is 3.47. The number of amides is 1. The molecule has 1 saturated heterocycles. The fourth-order valence-corrected chi connectivity index (χ4v) is 3.98. The predicted molar refractivity (Wildman–Crippen MR) is 84.7 cm³/mol. The SMILES string of the molecule is CCCCNC(=O)c1cc(C)nc(NC2CCS(=O)(=O)C2)n1. The minimum Gasteiger partial charge on any atom is -0.351 e. The van der Waals surface area contributed by atoms with E-state index in [1.165, 1.54) is 0 Å². The molecule has 22 heavy (non-hydrogen) atoms. The molecule has 0 bridgehead atoms. The molecular formula is C14H22N4O3S. The van der Waals surface area contributed by atoms with Gasteiger partial charge in [-0.1, -0.05) is 13.3 Å². The molecule has 0 aromatic carbocycles. The number of carbonyl (C=O) groups excluding carboxylic acids is 1. The molecule has 7 nitrogen and oxygen atoms in total. The molecule has 2 rings (SSSR count). The molecule has 0 saturated carbocycles. The molecule has 1 aliphatic rings. The van der Waals surface area contributed by atoms with Gasteiger partial charge in [-0.05, 0) is 25.8 Å². The zero-order chi connectivity index (χ0) is 16.2. The number of nitrogens with one attached hydrogen (secondary N) is 2. The highest BCUT2D eigenvalue weighted by atomic mass is 32.2. The van der Waals surface area contributed by atoms with Gasteiger partial charge in [-0.2, -0.15) is 0 Å². The Hall–Kier alpha value is -1.70. The summed E-state index contributed by atoms with van der Waals surface area (Å²) in [5, 5.41) is 5.83. The lowest BCUT2D eigenvalue weighted by Crippen LogP contribution is -2.27. The van der Waals surface area contributed by atoms with Crippen LogP contribution in [0.3, 0.4) is 0 Å². The van der Waals surface area contributed by atoms with Gasteiger partial charge in [0.15, 0.2) is 9.84 Å². The number of hydrogen-bond acceptors (Lipinski definition) is 6. The minimum absolute atomic E-state index is 0.0856. The molecule has 1 aromatic rings. The van der Waals surface area contributed by atoms with Crippen LogP contribution >= 0.6 is 0 Å². The third-order valence-corrected chi connectivity index (χ3v) is 5.24. The normalized spacial score (nSPS) is 19.8. The topological polar surface area (TPSA) is 101 Å². The van der Waals surface area contributed by atoms with Gasteiger partial charge in [-0.3, -0.25) is 4.79 Å². The van der Waals surface area contributed by atoms with Crippen molar-refractivity contribution < 1.29 is 13.2 Å². The summed E-state index contributed by atoms with van der Waals surface area (Å²) in [5.74, 6) is 0.340. The maximum absolute atomic E-state index is 12.0. The molecule has 1 aromatic heterocycles. The van der Waals surface area contributed by atoms with Crippen LogP contribution in [0.4, 0.5) is 5.95 Å². The number of anilines is 1. The Morgan fingerprint density at radius 1 is 1.41 bits per heavy atom. The summed E-state index contributed by atoms with van der Waals surface area (Å²) in [4.78, 5) is 20.5. The monoisotopic (exact) mass is 326 g/mol. The number of sulfone groups is 1. The van der Waals surface area contributed by atoms with Crippen LogP contribution in [0.2, 0.25) is 0 Å². The van der Waals surface area contributed by atoms with Crippen LogP contribution in [-0.4, -0.2) is 48.4 Å². The van der Waals surface area contributed by atoms with Gasteiger partial charge in [0.2, 0.25) is 5.95 Å². The molecule has 1 amide bonds. The molecule has 0 spiro atoms. The van der Waals surface area contributed by atoms with Crippen LogP contribution in [-0.2, 0) is 9.84 Å². The second-order valence-corrected chi connectivity index (χ2v) is 7.80. The molecule has 2 heterocycles. The lowest BCUT2D eigenvalue weighted by atomic mass is 10.2. The molecule has 0 radical (unpaired) electrons. The highest BCUT2D eigenvalue weighted by Crippen LogP contribution is 2.15. The number of rotatable bonds is 6. The second-order valence-electron chi connectivity index (χ2n) is 5.57. The standard InChI is InChI=1S/C14H22N4O3S/c1-3-4-6-15-13(19)12-8-10(2)16-14(18-12)17-11-5-7-22(20,21)9-11/h8,11H,3-7,9H2,1-2H3,(H,15,19)(H,16,17,18). The van der Waals surface area contributed by atoms with Crippen molar-refractivity contribution in [2.45, 2.75) is 39.2 Å². The Labute approximate surface area is 130 Å². The molecule has 8 heteroatoms. The van der Waals surface area contributed by atoms with Gasteiger partial charge in [0.05, 0.1) is 11.5 Å². The van der Waals surface area contributed by atoms with Crippen molar-refractivity contribution in [2.75, 3.05) is 23.4 Å². The second kappa shape index (κ2) is 7.04. The van der Waals surface area contributed by atoms with E-state index >= 15 is 0 Å². The van der Waals surface area contributed by atoms with Crippen molar-refractivity contribution >= 4 is 21.7 Å². The van der Waals surface area contributed by atoms with Gasteiger partial charge >= 0.3 is 0 Å². The Balaban J connectivity index is 2.05. The Morgan fingerprint density at radius 3 is 2.82 bits per heavy atom. The Morgan fingerprint density at radius 2 is 2.18 bits per heavy atom. The molecule has 1 unspecified atom stereocenters. The van der Waals surface area contributed by atoms with E-state index in [0.717, 1.165) is 12.8 Å². The number of aryl methyl sites for hydroxylation is 1. The minimum atomic E-state index is -2.96. The first-order valence-electron chi connectivity index (χ1n) is 7.50. The van der Waals surface area contributed by atoms with Crippen molar-refractivity contribution in [3.05, 3.63) is 17.5 Å². The van der Waals surface area contributed by atoms with E-state index in [4.69, 9.17) is 0 Å². The fraction of sp³-hybridized carbons (Fsp3) is 0.643. The highest BCUT2D eigenvalue weighted by molar-refractivity contribution is 7.91. The first-order chi connectivity index (χ1) is 10.4. The van der Waals surface area contributed by atoms with Crippen LogP contribution in [0.1, 0.15) is 42.4 Å². The van der Waals surface area contributed by atoms with E-state index in [-0.39, 0.29) is 23.5 Å². The summed E-state index contributed by atoms with van der Waals surface area (Å²) in [6.07, 6.45) is 2.46. The molecule has 0 aliphatic carbocycles. The van der Waals surface area contributed by atoms with Crippen molar-refractivity contribution in [3.8, 4) is 0 Å². The molecule has 1 fully saturated rings. The maximum Gasteiger partial charge on any atom is 0.270 e. The third kappa shape index (κ3) is 4.66. The first kappa shape index (κ1) is 16.7. The van der Waals surface area contributed by atoms with Crippen LogP contribution < -0.4 is 10.6 Å². The van der Waals surface area contributed by atoms with Crippen molar-refractivity contribution in [2.24, 2.45) is 0 Å². The summed E-state index contributed by atoms with van der Waals surface area (Å²) in [6, 6.07) is 1.43. The zero-order valence-corrected chi connectivity index (χ0v) is 13.7. The summed E-state index contributed by atoms with van der Waals surface area (Å²) in [6.45, 7) is 4.45. The summed E-state index contributed by atoms with van der Waals surface area (Å²) < 4.78 is 23.0. The lowest BCUT2D eigenvalue weighted by Gasteiger charge is -2.12. The highest BCUT2D eigenvalue weighted by Gasteiger charge is 2.28. The van der Waals surface area contributed by atoms with E-state index < -0.39 is 9.84 Å². The predicted octanol–water partition coefficient (Wildman–Crippen LogP) is 0.914. The van der Waals surface area contributed by atoms with E-state index in [0.29, 0.717) is 30.3 Å². The van der Waals surface area contributed by atoms with Crippen LogP contribution in [0.5, 0.6) is 0 Å². The summed E-state index contributed by atoms with van der Waals surface area (Å²) >= 11 is 0. The van der Waals surface area contributed by atoms with Crippen molar-refractivity contribution in [1.29, 1.82) is 0 Å². The van der Waals surface area contributed by atoms with Crippen LogP contribution in [0.25, 0.3) is 0 Å². The zero-order valence-electron chi connectivity index (χ0n) is 12.9. The average molecular weight is 326 g/mol. The number of nitrogens with zero attached hydrogens (tertiary/aromatic N) is 2. The van der Waals surface area contributed by atoms with E-state index in [2.05, 4.69) is 27.5 Å². The summed E-state index contributed by atoms with van der Waals surface area (Å²) in [5.41, 5.74) is 0.964. The van der Waals surface area contributed by atoms with Gasteiger partial charge < -0.3 is 10.6 Å². The van der Waals surface area contributed by atoms with E-state index in [1.54, 1.807) is 13.0 Å². The molecule has 122 valence electrons. The van der Waals surface area contributed by atoms with Crippen LogP contribution in [0, 0.1) is 6.92 Å². The largest absolute Gasteiger partial charge is 0.351 e. The molecule has 2 N–H and O–H groups in total. The van der Waals surface area contributed by atoms with Gasteiger partial charge in [0, 0.05) is 18.3 Å². The van der Waals surface area contributed by atoms with Gasteiger partial charge in [-0.15, -0.1) is 0 Å². The quantitative estimate of drug-likeness (QED) is 0.754. The Kier molecular flexibility index (Phi) is 5.33. The van der Waals surface area contributed by atoms with Crippen molar-refractivity contribution in [3.63, 3.8) is 0 Å². The lowest BCUT2D eigenvalue weighted by molar-refractivity contribution is 0.0948. The molecule has 1 aliphatic heterocycles. The van der Waals surface area contributed by atoms with Gasteiger partial charge in [0.1, 0.15) is 5.69 Å². The van der Waals surface area contributed by atoms with Crippen LogP contribution in [0.15, 0.2) is 6.07 Å². The molecule has 1 atom stereocenters. The number of hydrogen-bond donors (Lipinski definition) is 2. The van der Waals surface area contributed by atoms with Gasteiger partial charge in [0.25, 0.3) is 5.91 Å². The average Bonchev–Trinajstić information content (AvgIpc) is 2.77. The van der Waals surface area contributed by atoms with E-state index in [1.807, 2.05) is 0 Å². The summed E-state index contributed by atoms with van der Waals surface area (Å²) in [7, 11) is -2.96. The smallest absolute Gasteiger partial charge is 0.270 e. The number of carbonyl (C=O) groups is 1. The van der Waals surface area contributed by atoms with E-state index in [9.17, 15) is 13.2 Å². The number of unbranched alkanes of at least 4 members (excludes halogenated alkanes) is 1. The number of aromatic nitrogens is 2. The maximum atomic E-state index is 12.0. The van der Waals surface area contributed by atoms with Gasteiger partial charge in [-0.25, -0.2) is 18.4 Å². The fourth-order valence-electron chi connectivity index (χ4n) is 2.31. The molecular weight excluding hydrogens is 304 g/mol. The first-order valence-corrected chi connectivity index (χ1v) is 9.32.